The molecule has 0 bridgehead atoms. The molecule has 130 valence electrons. The lowest BCUT2D eigenvalue weighted by Crippen LogP contribution is -2.13. The van der Waals surface area contributed by atoms with Crippen LogP contribution in [0, 0.1) is 6.92 Å². The molecule has 5 nitrogen and oxygen atoms in total. The number of hydrogen-bond donors (Lipinski definition) is 2. The van der Waals surface area contributed by atoms with Gasteiger partial charge < -0.3 is 10.2 Å². The number of halogens is 1. The number of carbonyl (C=O) groups is 2. The van der Waals surface area contributed by atoms with E-state index in [1.54, 1.807) is 30.1 Å². The standard InChI is InChI=1S/C17H14ClNO4S2/c1-8-10(6-13(21)22)15-11(3-4-12(20)16(15)18)19(8)17(23)9-5-14(24-2)25-7-9/h3-5,7,20H,6H2,1-2H3,(H,21,22). The molecule has 0 aliphatic rings. The maximum atomic E-state index is 13.0. The van der Waals surface area contributed by atoms with Gasteiger partial charge in [0.05, 0.1) is 26.7 Å². The highest BCUT2D eigenvalue weighted by molar-refractivity contribution is 8.00. The highest BCUT2D eigenvalue weighted by atomic mass is 35.5. The van der Waals surface area contributed by atoms with Crippen LogP contribution in [0.3, 0.4) is 0 Å². The number of carboxylic acids is 1. The summed E-state index contributed by atoms with van der Waals surface area (Å²) >= 11 is 9.24. The van der Waals surface area contributed by atoms with E-state index in [0.717, 1.165) is 4.21 Å². The van der Waals surface area contributed by atoms with E-state index in [1.165, 1.54) is 22.0 Å². The van der Waals surface area contributed by atoms with Crippen molar-refractivity contribution in [1.82, 2.24) is 4.57 Å². The number of phenolic OH excluding ortho intramolecular Hbond substituents is 1. The maximum Gasteiger partial charge on any atom is 0.307 e. The topological polar surface area (TPSA) is 79.5 Å². The van der Waals surface area contributed by atoms with Crippen LogP contribution in [0.15, 0.2) is 27.8 Å². The van der Waals surface area contributed by atoms with Gasteiger partial charge in [-0.2, -0.15) is 0 Å². The number of carboxylic acid groups (broad SMARTS) is 1. The van der Waals surface area contributed by atoms with Gasteiger partial charge in [-0.25, -0.2) is 0 Å². The van der Waals surface area contributed by atoms with Crippen LogP contribution in [-0.4, -0.2) is 32.9 Å². The molecule has 0 atom stereocenters. The largest absolute Gasteiger partial charge is 0.506 e. The Bertz CT molecular complexity index is 1010. The predicted molar refractivity (Wildman–Crippen MR) is 101 cm³/mol. The minimum atomic E-state index is -1.03. The van der Waals surface area contributed by atoms with Crippen LogP contribution in [0.25, 0.3) is 10.9 Å². The molecule has 8 heteroatoms. The first-order valence-electron chi connectivity index (χ1n) is 7.25. The average molecular weight is 396 g/mol. The highest BCUT2D eigenvalue weighted by Gasteiger charge is 2.24. The molecule has 0 amide bonds. The summed E-state index contributed by atoms with van der Waals surface area (Å²) in [4.78, 5) is 24.3. The Hall–Kier alpha value is -1.96. The summed E-state index contributed by atoms with van der Waals surface area (Å²) in [7, 11) is 0. The van der Waals surface area contributed by atoms with Gasteiger partial charge >= 0.3 is 5.97 Å². The van der Waals surface area contributed by atoms with Crippen molar-refractivity contribution >= 4 is 57.5 Å². The number of rotatable bonds is 4. The Morgan fingerprint density at radius 3 is 2.68 bits per heavy atom. The summed E-state index contributed by atoms with van der Waals surface area (Å²) in [5, 5.41) is 21.3. The van der Waals surface area contributed by atoms with E-state index >= 15 is 0 Å². The fourth-order valence-electron chi connectivity index (χ4n) is 2.82. The highest BCUT2D eigenvalue weighted by Crippen LogP contribution is 2.38. The van der Waals surface area contributed by atoms with Crippen molar-refractivity contribution in [3.05, 3.63) is 45.4 Å². The van der Waals surface area contributed by atoms with E-state index in [2.05, 4.69) is 0 Å². The summed E-state index contributed by atoms with van der Waals surface area (Å²) in [5.41, 5.74) is 1.95. The van der Waals surface area contributed by atoms with Crippen LogP contribution < -0.4 is 0 Å². The third-order valence-electron chi connectivity index (χ3n) is 3.97. The molecule has 1 aromatic carbocycles. The number of nitrogens with zero attached hydrogens (tertiary/aromatic N) is 1. The number of thiophene rings is 1. The second kappa shape index (κ2) is 6.74. The van der Waals surface area contributed by atoms with E-state index in [1.807, 2.05) is 12.3 Å². The lowest BCUT2D eigenvalue weighted by Gasteiger charge is -2.06. The van der Waals surface area contributed by atoms with Gasteiger partial charge in [-0.1, -0.05) is 11.6 Å². The Morgan fingerprint density at radius 2 is 2.08 bits per heavy atom. The van der Waals surface area contributed by atoms with Gasteiger partial charge in [-0.15, -0.1) is 23.1 Å². The van der Waals surface area contributed by atoms with E-state index in [0.29, 0.717) is 27.7 Å². The third-order valence-corrected chi connectivity index (χ3v) is 6.38. The molecule has 2 heterocycles. The van der Waals surface area contributed by atoms with Crippen LogP contribution in [0.2, 0.25) is 5.02 Å². The number of aromatic hydroxyl groups is 1. The molecule has 0 radical (unpaired) electrons. The molecule has 0 aliphatic heterocycles. The molecule has 0 unspecified atom stereocenters. The Balaban J connectivity index is 2.28. The van der Waals surface area contributed by atoms with Crippen LogP contribution in [0.5, 0.6) is 5.75 Å². The third kappa shape index (κ3) is 3.03. The number of hydrogen-bond acceptors (Lipinski definition) is 5. The summed E-state index contributed by atoms with van der Waals surface area (Å²) in [6.45, 7) is 1.69. The monoisotopic (exact) mass is 395 g/mol. The van der Waals surface area contributed by atoms with E-state index in [9.17, 15) is 19.8 Å². The van der Waals surface area contributed by atoms with Crippen LogP contribution >= 0.6 is 34.7 Å². The SMILES string of the molecule is CSc1cc(C(=O)n2c(C)c(CC(=O)O)c3c(Cl)c(O)ccc32)cs1. The zero-order valence-corrected chi connectivity index (χ0v) is 15.8. The minimum Gasteiger partial charge on any atom is -0.506 e. The Morgan fingerprint density at radius 1 is 1.36 bits per heavy atom. The first-order valence-corrected chi connectivity index (χ1v) is 9.73. The fourth-order valence-corrected chi connectivity index (χ4v) is 4.47. The van der Waals surface area contributed by atoms with E-state index < -0.39 is 5.97 Å². The molecule has 2 N–H and O–H groups in total. The molecule has 0 aliphatic carbocycles. The van der Waals surface area contributed by atoms with Gasteiger partial charge in [-0.05, 0) is 36.9 Å². The van der Waals surface area contributed by atoms with E-state index in [4.69, 9.17) is 11.6 Å². The van der Waals surface area contributed by atoms with Crippen molar-refractivity contribution in [3.8, 4) is 5.75 Å². The van der Waals surface area contributed by atoms with Crippen molar-refractivity contribution in [1.29, 1.82) is 0 Å². The second-order valence-corrected chi connectivity index (χ2v) is 7.82. The number of fused-ring (bicyclic) bond motifs is 1. The summed E-state index contributed by atoms with van der Waals surface area (Å²) in [5.74, 6) is -1.43. The summed E-state index contributed by atoms with van der Waals surface area (Å²) in [6.07, 6.45) is 1.65. The number of aromatic nitrogens is 1. The van der Waals surface area contributed by atoms with Gasteiger partial charge in [0.2, 0.25) is 0 Å². The van der Waals surface area contributed by atoms with Crippen molar-refractivity contribution in [2.75, 3.05) is 6.26 Å². The molecule has 0 fully saturated rings. The zero-order chi connectivity index (χ0) is 18.3. The van der Waals surface area contributed by atoms with E-state index in [-0.39, 0.29) is 23.1 Å². The van der Waals surface area contributed by atoms with Crippen molar-refractivity contribution in [2.24, 2.45) is 0 Å². The Kier molecular flexibility index (Phi) is 4.81. The quantitative estimate of drug-likeness (QED) is 0.640. The normalized spacial score (nSPS) is 11.2. The molecule has 2 aromatic heterocycles. The number of benzene rings is 1. The van der Waals surface area contributed by atoms with Gasteiger partial charge in [0.25, 0.3) is 5.91 Å². The van der Waals surface area contributed by atoms with Crippen molar-refractivity contribution < 1.29 is 19.8 Å². The average Bonchev–Trinajstić information content (AvgIpc) is 3.14. The van der Waals surface area contributed by atoms with Gasteiger partial charge in [0, 0.05) is 16.5 Å². The molecule has 0 saturated carbocycles. The molecular weight excluding hydrogens is 382 g/mol. The van der Waals surface area contributed by atoms with Gasteiger partial charge in [0.15, 0.2) is 0 Å². The maximum absolute atomic E-state index is 13.0. The fraction of sp³-hybridized carbons (Fsp3) is 0.176. The second-order valence-electron chi connectivity index (χ2n) is 5.43. The first-order chi connectivity index (χ1) is 11.8. The number of thioether (sulfide) groups is 1. The van der Waals surface area contributed by atoms with Crippen LogP contribution in [-0.2, 0) is 11.2 Å². The zero-order valence-electron chi connectivity index (χ0n) is 13.4. The van der Waals surface area contributed by atoms with Crippen molar-refractivity contribution in [3.63, 3.8) is 0 Å². The molecule has 0 saturated heterocycles. The lowest BCUT2D eigenvalue weighted by molar-refractivity contribution is -0.136. The summed E-state index contributed by atoms with van der Waals surface area (Å²) in [6, 6.07) is 4.79. The number of carbonyl (C=O) groups excluding carboxylic acids is 1. The predicted octanol–water partition coefficient (Wildman–Crippen LogP) is 4.41. The van der Waals surface area contributed by atoms with Crippen molar-refractivity contribution in [2.45, 2.75) is 17.6 Å². The molecule has 0 spiro atoms. The molecular formula is C17H14ClNO4S2. The van der Waals surface area contributed by atoms with Gasteiger partial charge in [0.1, 0.15) is 5.75 Å². The Labute approximate surface area is 156 Å². The first kappa shape index (κ1) is 17.8. The number of phenols is 1. The number of aliphatic carboxylic acids is 1. The molecule has 3 rings (SSSR count). The summed E-state index contributed by atoms with van der Waals surface area (Å²) < 4.78 is 2.48. The smallest absolute Gasteiger partial charge is 0.307 e. The minimum absolute atomic E-state index is 0.0542. The van der Waals surface area contributed by atoms with Gasteiger partial charge in [-0.3, -0.25) is 14.2 Å². The van der Waals surface area contributed by atoms with Crippen LogP contribution in [0.1, 0.15) is 21.6 Å². The lowest BCUT2D eigenvalue weighted by atomic mass is 10.1. The molecule has 3 aromatic rings. The molecule has 25 heavy (non-hydrogen) atoms. The van der Waals surface area contributed by atoms with Crippen LogP contribution in [0.4, 0.5) is 0 Å².